The molecule has 7 nitrogen and oxygen atoms in total. The van der Waals surface area contributed by atoms with E-state index < -0.39 is 0 Å². The van der Waals surface area contributed by atoms with E-state index in [-0.39, 0.29) is 30.9 Å². The predicted molar refractivity (Wildman–Crippen MR) is 136 cm³/mol. The maximum Gasteiger partial charge on any atom is 0.254 e. The summed E-state index contributed by atoms with van der Waals surface area (Å²) in [7, 11) is 0. The second kappa shape index (κ2) is 11.1. The van der Waals surface area contributed by atoms with Crippen LogP contribution in [0.4, 0.5) is 0 Å². The van der Waals surface area contributed by atoms with Gasteiger partial charge in [0.05, 0.1) is 0 Å². The van der Waals surface area contributed by atoms with Crippen LogP contribution in [0.3, 0.4) is 0 Å². The zero-order valence-corrected chi connectivity index (χ0v) is 21.7. The van der Waals surface area contributed by atoms with Gasteiger partial charge >= 0.3 is 0 Å². The Hall–Kier alpha value is -2.78. The Morgan fingerprint density at radius 1 is 1.15 bits per heavy atom. The van der Waals surface area contributed by atoms with Gasteiger partial charge in [-0.25, -0.2) is 0 Å². The van der Waals surface area contributed by atoms with E-state index in [4.69, 9.17) is 4.52 Å². The molecule has 1 aromatic heterocycles. The van der Waals surface area contributed by atoms with Crippen LogP contribution in [0.25, 0.3) is 11.4 Å². The van der Waals surface area contributed by atoms with Crippen molar-refractivity contribution in [1.29, 1.82) is 0 Å². The molecule has 1 aliphatic rings. The molecule has 1 atom stereocenters. The third kappa shape index (κ3) is 5.64. The third-order valence-corrected chi connectivity index (χ3v) is 6.71. The molecule has 0 N–H and O–H groups in total. The van der Waals surface area contributed by atoms with E-state index in [2.05, 4.69) is 48.6 Å². The lowest BCUT2D eigenvalue weighted by Crippen LogP contribution is -2.46. The van der Waals surface area contributed by atoms with Crippen LogP contribution < -0.4 is 0 Å². The Bertz CT molecular complexity index is 1180. The van der Waals surface area contributed by atoms with Crippen LogP contribution in [-0.2, 0) is 4.79 Å². The second-order valence-corrected chi connectivity index (χ2v) is 9.88. The van der Waals surface area contributed by atoms with E-state index in [0.717, 1.165) is 33.8 Å². The second-order valence-electron chi connectivity index (χ2n) is 8.05. The fourth-order valence-electron chi connectivity index (χ4n) is 4.01. The Labute approximate surface area is 215 Å². The Morgan fingerprint density at radius 3 is 2.68 bits per heavy atom. The van der Waals surface area contributed by atoms with Crippen LogP contribution in [0.1, 0.15) is 41.6 Å². The number of piperidine rings is 1. The summed E-state index contributed by atoms with van der Waals surface area (Å²) in [6, 6.07) is 14.5. The van der Waals surface area contributed by atoms with E-state index in [1.807, 2.05) is 30.3 Å². The zero-order valence-electron chi connectivity index (χ0n) is 18.5. The van der Waals surface area contributed by atoms with E-state index in [9.17, 15) is 9.59 Å². The number of carbonyl (C=O) groups excluding carboxylic acids is 2. The molecule has 176 valence electrons. The molecule has 0 aliphatic carbocycles. The average Bonchev–Trinajstić information content (AvgIpc) is 3.34. The van der Waals surface area contributed by atoms with Gasteiger partial charge in [-0.1, -0.05) is 49.2 Å². The van der Waals surface area contributed by atoms with Gasteiger partial charge in [-0.3, -0.25) is 9.59 Å². The van der Waals surface area contributed by atoms with Crippen LogP contribution in [0.15, 0.2) is 74.7 Å². The normalized spacial score (nSPS) is 15.7. The number of halogens is 2. The third-order valence-electron chi connectivity index (χ3n) is 5.69. The van der Waals surface area contributed by atoms with Crippen LogP contribution in [-0.4, -0.2) is 51.4 Å². The monoisotopic (exact) mass is 586 g/mol. The van der Waals surface area contributed by atoms with E-state index in [0.29, 0.717) is 23.8 Å². The number of aromatic nitrogens is 2. The fourth-order valence-corrected chi connectivity index (χ4v) is 4.67. The van der Waals surface area contributed by atoms with Gasteiger partial charge in [0.25, 0.3) is 5.91 Å². The number of hydrogen-bond donors (Lipinski definition) is 0. The van der Waals surface area contributed by atoms with Crippen LogP contribution >= 0.6 is 31.9 Å². The summed E-state index contributed by atoms with van der Waals surface area (Å²) < 4.78 is 7.35. The molecule has 0 radical (unpaired) electrons. The molecule has 0 bridgehead atoms. The van der Waals surface area contributed by atoms with Gasteiger partial charge in [0.1, 0.15) is 12.6 Å². The molecule has 0 spiro atoms. The van der Waals surface area contributed by atoms with Gasteiger partial charge in [-0.15, -0.1) is 6.58 Å². The van der Waals surface area contributed by atoms with Crippen molar-refractivity contribution in [1.82, 2.24) is 19.9 Å². The van der Waals surface area contributed by atoms with Crippen molar-refractivity contribution in [3.8, 4) is 11.4 Å². The summed E-state index contributed by atoms with van der Waals surface area (Å²) in [5, 5.41) is 4.13. The molecule has 2 heterocycles. The number of nitrogens with zero attached hydrogens (tertiary/aromatic N) is 4. The number of amides is 2. The highest BCUT2D eigenvalue weighted by Gasteiger charge is 2.33. The molecule has 1 unspecified atom stereocenters. The molecule has 34 heavy (non-hydrogen) atoms. The quantitative estimate of drug-likeness (QED) is 0.334. The SMILES string of the molecule is C=CCN(CC(=O)N1CCCCC1c1nc(-c2ccc(Br)cc2)no1)C(=O)c1cccc(Br)c1. The standard InChI is InChI=1S/C25H24Br2N4O3/c1-2-13-30(25(33)18-6-5-7-20(27)15-18)16-22(32)31-14-4-3-8-21(31)24-28-23(29-34-24)17-9-11-19(26)12-10-17/h2,5-7,9-12,15,21H,1,3-4,8,13-14,16H2. The largest absolute Gasteiger partial charge is 0.337 e. The van der Waals surface area contributed by atoms with E-state index in [1.54, 1.807) is 29.2 Å². The molecule has 0 saturated carbocycles. The van der Waals surface area contributed by atoms with Gasteiger partial charge in [-0.2, -0.15) is 4.98 Å². The summed E-state index contributed by atoms with van der Waals surface area (Å²) in [6.07, 6.45) is 4.20. The Kier molecular flexibility index (Phi) is 7.95. The minimum atomic E-state index is -0.315. The molecule has 1 aliphatic heterocycles. The average molecular weight is 588 g/mol. The number of hydrogen-bond acceptors (Lipinski definition) is 5. The topological polar surface area (TPSA) is 79.5 Å². The molecule has 1 saturated heterocycles. The van der Waals surface area contributed by atoms with Crippen molar-refractivity contribution >= 4 is 43.7 Å². The highest BCUT2D eigenvalue weighted by molar-refractivity contribution is 9.10. The molecule has 4 rings (SSSR count). The van der Waals surface area contributed by atoms with Crippen molar-refractivity contribution < 1.29 is 14.1 Å². The number of rotatable bonds is 7. The lowest BCUT2D eigenvalue weighted by Gasteiger charge is -2.35. The number of likely N-dealkylation sites (tertiary alicyclic amines) is 1. The molecule has 1 fully saturated rings. The lowest BCUT2D eigenvalue weighted by atomic mass is 10.0. The first-order valence-corrected chi connectivity index (χ1v) is 12.6. The predicted octanol–water partition coefficient (Wildman–Crippen LogP) is 5.64. The van der Waals surface area contributed by atoms with Crippen LogP contribution in [0, 0.1) is 0 Å². The van der Waals surface area contributed by atoms with Gasteiger partial charge in [-0.05, 0) is 61.7 Å². The summed E-state index contributed by atoms with van der Waals surface area (Å²) in [5.74, 6) is 0.523. The number of carbonyl (C=O) groups is 2. The van der Waals surface area contributed by atoms with Crippen molar-refractivity contribution in [3.05, 3.63) is 81.6 Å². The highest BCUT2D eigenvalue weighted by atomic mass is 79.9. The van der Waals surface area contributed by atoms with Gasteiger partial charge in [0.15, 0.2) is 0 Å². The summed E-state index contributed by atoms with van der Waals surface area (Å²) in [4.78, 5) is 34.3. The molecule has 2 aromatic carbocycles. The molecule has 3 aromatic rings. The van der Waals surface area contributed by atoms with Crippen LogP contribution in [0.5, 0.6) is 0 Å². The number of benzene rings is 2. The zero-order chi connectivity index (χ0) is 24.1. The minimum absolute atomic E-state index is 0.0540. The maximum absolute atomic E-state index is 13.4. The summed E-state index contributed by atoms with van der Waals surface area (Å²) in [5.41, 5.74) is 1.35. The van der Waals surface area contributed by atoms with Crippen LogP contribution in [0.2, 0.25) is 0 Å². The first-order valence-electron chi connectivity index (χ1n) is 11.0. The summed E-state index contributed by atoms with van der Waals surface area (Å²) in [6.45, 7) is 4.54. The molecule has 9 heteroatoms. The molecule has 2 amide bonds. The van der Waals surface area contributed by atoms with Gasteiger partial charge < -0.3 is 14.3 Å². The Morgan fingerprint density at radius 2 is 1.94 bits per heavy atom. The smallest absolute Gasteiger partial charge is 0.254 e. The molecular formula is C25H24Br2N4O3. The molecular weight excluding hydrogens is 564 g/mol. The maximum atomic E-state index is 13.4. The highest BCUT2D eigenvalue weighted by Crippen LogP contribution is 2.31. The first-order chi connectivity index (χ1) is 16.5. The first kappa shape index (κ1) is 24.3. The van der Waals surface area contributed by atoms with E-state index >= 15 is 0 Å². The lowest BCUT2D eigenvalue weighted by molar-refractivity contribution is -0.136. The van der Waals surface area contributed by atoms with E-state index in [1.165, 1.54) is 4.90 Å². The van der Waals surface area contributed by atoms with Crippen molar-refractivity contribution in [2.45, 2.75) is 25.3 Å². The summed E-state index contributed by atoms with van der Waals surface area (Å²) >= 11 is 6.82. The van der Waals surface area contributed by atoms with Gasteiger partial charge in [0, 0.05) is 33.2 Å². The van der Waals surface area contributed by atoms with Crippen molar-refractivity contribution in [2.75, 3.05) is 19.6 Å². The Balaban J connectivity index is 1.52. The van der Waals surface area contributed by atoms with Crippen molar-refractivity contribution in [3.63, 3.8) is 0 Å². The minimum Gasteiger partial charge on any atom is -0.337 e. The fraction of sp³-hybridized carbons (Fsp3) is 0.280. The van der Waals surface area contributed by atoms with Crippen molar-refractivity contribution in [2.24, 2.45) is 0 Å². The van der Waals surface area contributed by atoms with Gasteiger partial charge in [0.2, 0.25) is 17.6 Å².